The second-order valence-corrected chi connectivity index (χ2v) is 5.02. The summed E-state index contributed by atoms with van der Waals surface area (Å²) in [7, 11) is 0. The molecule has 1 aromatic carbocycles. The first-order valence-corrected chi connectivity index (χ1v) is 7.57. The van der Waals surface area contributed by atoms with E-state index >= 15 is 0 Å². The van der Waals surface area contributed by atoms with Gasteiger partial charge in [0.1, 0.15) is 0 Å². The lowest BCUT2D eigenvalue weighted by atomic mass is 10.0. The number of carbonyl (C=O) groups excluding carboxylic acids is 1. The monoisotopic (exact) mass is 261 g/mol. The fourth-order valence-corrected chi connectivity index (χ4v) is 2.72. The van der Waals surface area contributed by atoms with Crippen LogP contribution in [0.3, 0.4) is 0 Å². The highest BCUT2D eigenvalue weighted by Crippen LogP contribution is 2.20. The average molecular weight is 261 g/mol. The van der Waals surface area contributed by atoms with E-state index in [0.29, 0.717) is 12.1 Å². The zero-order chi connectivity index (χ0) is 14.3. The minimum atomic E-state index is 0.183. The van der Waals surface area contributed by atoms with Crippen LogP contribution < -0.4 is 0 Å². The molecule has 1 aromatic rings. The molecule has 0 fully saturated rings. The number of hydrogen-bond acceptors (Lipinski definition) is 1. The Bertz CT molecular complexity index is 354. The molecule has 19 heavy (non-hydrogen) atoms. The summed E-state index contributed by atoms with van der Waals surface area (Å²) in [6.45, 7) is 8.67. The molecule has 2 nitrogen and oxygen atoms in total. The number of hydrogen-bond donors (Lipinski definition) is 0. The fourth-order valence-electron chi connectivity index (χ4n) is 2.72. The average Bonchev–Trinajstić information content (AvgIpc) is 2.48. The van der Waals surface area contributed by atoms with Crippen molar-refractivity contribution < 1.29 is 4.79 Å². The van der Waals surface area contributed by atoms with E-state index in [1.807, 2.05) is 30.3 Å². The highest BCUT2D eigenvalue weighted by atomic mass is 16.2. The Kier molecular flexibility index (Phi) is 6.61. The molecule has 1 rings (SSSR count). The van der Waals surface area contributed by atoms with Crippen LogP contribution in [-0.2, 0) is 0 Å². The first kappa shape index (κ1) is 15.7. The van der Waals surface area contributed by atoms with E-state index in [0.717, 1.165) is 31.2 Å². The van der Waals surface area contributed by atoms with E-state index in [1.54, 1.807) is 0 Å². The molecule has 106 valence electrons. The Balaban J connectivity index is 3.05. The van der Waals surface area contributed by atoms with Crippen LogP contribution >= 0.6 is 0 Å². The smallest absolute Gasteiger partial charge is 0.254 e. The van der Waals surface area contributed by atoms with Gasteiger partial charge in [0.2, 0.25) is 0 Å². The molecular weight excluding hydrogens is 234 g/mol. The van der Waals surface area contributed by atoms with Gasteiger partial charge in [0.25, 0.3) is 5.91 Å². The molecule has 0 aromatic heterocycles. The molecule has 1 amide bonds. The van der Waals surface area contributed by atoms with E-state index < -0.39 is 0 Å². The molecule has 0 saturated carbocycles. The zero-order valence-corrected chi connectivity index (χ0v) is 12.7. The first-order chi connectivity index (χ1) is 9.19. The molecule has 0 spiro atoms. The molecule has 0 saturated heterocycles. The number of benzene rings is 1. The van der Waals surface area contributed by atoms with Gasteiger partial charge in [-0.25, -0.2) is 0 Å². The second kappa shape index (κ2) is 7.98. The maximum Gasteiger partial charge on any atom is 0.254 e. The van der Waals surface area contributed by atoms with Crippen molar-refractivity contribution in [3.8, 4) is 0 Å². The summed E-state index contributed by atoms with van der Waals surface area (Å²) in [5.41, 5.74) is 0.807. The summed E-state index contributed by atoms with van der Waals surface area (Å²) in [4.78, 5) is 14.9. The van der Waals surface area contributed by atoms with Crippen LogP contribution in [0.25, 0.3) is 0 Å². The van der Waals surface area contributed by atoms with Crippen molar-refractivity contribution >= 4 is 5.91 Å². The fraction of sp³-hybridized carbons (Fsp3) is 0.588. The normalized spacial score (nSPS) is 11.1. The van der Waals surface area contributed by atoms with Crippen molar-refractivity contribution in [2.75, 3.05) is 0 Å². The van der Waals surface area contributed by atoms with E-state index in [2.05, 4.69) is 32.6 Å². The van der Waals surface area contributed by atoms with E-state index in [9.17, 15) is 4.79 Å². The van der Waals surface area contributed by atoms with Gasteiger partial charge in [-0.05, 0) is 37.8 Å². The van der Waals surface area contributed by atoms with Crippen LogP contribution in [0.2, 0.25) is 0 Å². The number of rotatable bonds is 7. The van der Waals surface area contributed by atoms with Crippen molar-refractivity contribution in [2.24, 2.45) is 0 Å². The number of nitrogens with zero attached hydrogens (tertiary/aromatic N) is 1. The van der Waals surface area contributed by atoms with Crippen LogP contribution in [0.5, 0.6) is 0 Å². The molecule has 0 aliphatic heterocycles. The predicted octanol–water partition coefficient (Wildman–Crippen LogP) is 4.51. The van der Waals surface area contributed by atoms with Crippen LogP contribution in [0.4, 0.5) is 0 Å². The van der Waals surface area contributed by atoms with Crippen molar-refractivity contribution in [3.05, 3.63) is 35.9 Å². The van der Waals surface area contributed by atoms with E-state index in [1.165, 1.54) is 0 Å². The third-order valence-corrected chi connectivity index (χ3v) is 3.93. The summed E-state index contributed by atoms with van der Waals surface area (Å²) in [5, 5.41) is 0. The largest absolute Gasteiger partial charge is 0.333 e. The van der Waals surface area contributed by atoms with Gasteiger partial charge in [-0.3, -0.25) is 4.79 Å². The predicted molar refractivity (Wildman–Crippen MR) is 81.4 cm³/mol. The van der Waals surface area contributed by atoms with Gasteiger partial charge in [0.15, 0.2) is 0 Å². The zero-order valence-electron chi connectivity index (χ0n) is 12.7. The van der Waals surface area contributed by atoms with Gasteiger partial charge in [0, 0.05) is 17.6 Å². The van der Waals surface area contributed by atoms with Crippen molar-refractivity contribution in [2.45, 2.75) is 65.5 Å². The van der Waals surface area contributed by atoms with Crippen molar-refractivity contribution in [1.29, 1.82) is 0 Å². The minimum absolute atomic E-state index is 0.183. The molecule has 0 radical (unpaired) electrons. The van der Waals surface area contributed by atoms with Gasteiger partial charge >= 0.3 is 0 Å². The van der Waals surface area contributed by atoms with Crippen LogP contribution in [0, 0.1) is 0 Å². The number of carbonyl (C=O) groups is 1. The van der Waals surface area contributed by atoms with Gasteiger partial charge in [-0.2, -0.15) is 0 Å². The first-order valence-electron chi connectivity index (χ1n) is 7.57. The van der Waals surface area contributed by atoms with Crippen LogP contribution in [0.15, 0.2) is 30.3 Å². The van der Waals surface area contributed by atoms with Gasteiger partial charge < -0.3 is 4.90 Å². The Hall–Kier alpha value is -1.31. The molecule has 0 heterocycles. The third-order valence-electron chi connectivity index (χ3n) is 3.93. The summed E-state index contributed by atoms with van der Waals surface area (Å²) < 4.78 is 0. The summed E-state index contributed by atoms with van der Waals surface area (Å²) >= 11 is 0. The van der Waals surface area contributed by atoms with E-state index in [-0.39, 0.29) is 5.91 Å². The Labute approximate surface area is 117 Å². The van der Waals surface area contributed by atoms with Gasteiger partial charge in [-0.15, -0.1) is 0 Å². The quantitative estimate of drug-likeness (QED) is 0.707. The van der Waals surface area contributed by atoms with Crippen molar-refractivity contribution in [3.63, 3.8) is 0 Å². The highest BCUT2D eigenvalue weighted by molar-refractivity contribution is 5.94. The maximum absolute atomic E-state index is 12.8. The van der Waals surface area contributed by atoms with Gasteiger partial charge in [0.05, 0.1) is 0 Å². The molecule has 2 heteroatoms. The van der Waals surface area contributed by atoms with Crippen LogP contribution in [0.1, 0.15) is 63.7 Å². The Morgan fingerprint density at radius 3 is 1.68 bits per heavy atom. The molecule has 0 aliphatic carbocycles. The lowest BCUT2D eigenvalue weighted by Crippen LogP contribution is -2.46. The number of amides is 1. The maximum atomic E-state index is 12.8. The van der Waals surface area contributed by atoms with Crippen LogP contribution in [-0.4, -0.2) is 22.9 Å². The topological polar surface area (TPSA) is 20.3 Å². The Morgan fingerprint density at radius 1 is 0.895 bits per heavy atom. The second-order valence-electron chi connectivity index (χ2n) is 5.02. The third kappa shape index (κ3) is 3.82. The lowest BCUT2D eigenvalue weighted by Gasteiger charge is -2.37. The Morgan fingerprint density at radius 2 is 1.32 bits per heavy atom. The highest BCUT2D eigenvalue weighted by Gasteiger charge is 2.27. The summed E-state index contributed by atoms with van der Waals surface area (Å²) in [6, 6.07) is 10.3. The van der Waals surface area contributed by atoms with Gasteiger partial charge in [-0.1, -0.05) is 45.9 Å². The minimum Gasteiger partial charge on any atom is -0.333 e. The molecule has 0 aliphatic rings. The SMILES string of the molecule is CCC(CC)N(C(=O)c1ccccc1)C(CC)CC. The molecule has 0 N–H and O–H groups in total. The summed E-state index contributed by atoms with van der Waals surface area (Å²) in [6.07, 6.45) is 4.08. The molecule has 0 unspecified atom stereocenters. The standard InChI is InChI=1S/C17H27NO/c1-5-15(6-2)18(16(7-3)8-4)17(19)14-12-10-9-11-13-14/h9-13,15-16H,5-8H2,1-4H3. The molecular formula is C17H27NO. The van der Waals surface area contributed by atoms with Crippen molar-refractivity contribution in [1.82, 2.24) is 4.90 Å². The lowest BCUT2D eigenvalue weighted by molar-refractivity contribution is 0.0542. The molecule has 0 bridgehead atoms. The molecule has 0 atom stereocenters. The summed E-state index contributed by atoms with van der Waals surface area (Å²) in [5.74, 6) is 0.183. The van der Waals surface area contributed by atoms with E-state index in [4.69, 9.17) is 0 Å².